The molecule has 4 fully saturated rings. The lowest BCUT2D eigenvalue weighted by Gasteiger charge is -2.63. The van der Waals surface area contributed by atoms with Crippen LogP contribution >= 0.6 is 0 Å². The Kier molecular flexibility index (Phi) is 8.40. The largest absolute Gasteiger partial charge is 0.416 e. The summed E-state index contributed by atoms with van der Waals surface area (Å²) in [6.45, 7) is 12.6. The van der Waals surface area contributed by atoms with Crippen molar-refractivity contribution in [3.8, 4) is 0 Å². The molecular formula is C34H53F3O3Si. The number of benzene rings is 1. The molecule has 1 aromatic rings. The molecule has 0 saturated heterocycles. The van der Waals surface area contributed by atoms with E-state index in [1.165, 1.54) is 0 Å². The van der Waals surface area contributed by atoms with Crippen molar-refractivity contribution in [3.05, 3.63) is 35.9 Å². The molecule has 4 saturated carbocycles. The van der Waals surface area contributed by atoms with E-state index in [0.717, 1.165) is 44.1 Å². The van der Waals surface area contributed by atoms with E-state index in [4.69, 9.17) is 4.43 Å². The molecule has 0 aliphatic heterocycles. The van der Waals surface area contributed by atoms with E-state index >= 15 is 0 Å². The summed E-state index contributed by atoms with van der Waals surface area (Å²) >= 11 is 0. The first-order chi connectivity index (χ1) is 19.0. The molecule has 41 heavy (non-hydrogen) atoms. The quantitative estimate of drug-likeness (QED) is 0.310. The first-order valence-corrected chi connectivity index (χ1v) is 19.6. The van der Waals surface area contributed by atoms with Gasteiger partial charge in [0.15, 0.2) is 13.9 Å². The second kappa shape index (κ2) is 10.9. The molecule has 11 atom stereocenters. The molecule has 0 amide bonds. The van der Waals surface area contributed by atoms with Crippen LogP contribution in [0.4, 0.5) is 13.2 Å². The summed E-state index contributed by atoms with van der Waals surface area (Å²) in [5.74, 6) is 2.12. The minimum Gasteiger partial charge on any atom is -0.404 e. The van der Waals surface area contributed by atoms with Crippen molar-refractivity contribution in [1.29, 1.82) is 0 Å². The second-order valence-electron chi connectivity index (χ2n) is 15.9. The monoisotopic (exact) mass is 594 g/mol. The van der Waals surface area contributed by atoms with Crippen LogP contribution in [0.25, 0.3) is 0 Å². The van der Waals surface area contributed by atoms with Gasteiger partial charge >= 0.3 is 6.18 Å². The van der Waals surface area contributed by atoms with Gasteiger partial charge in [-0.15, -0.1) is 0 Å². The van der Waals surface area contributed by atoms with Gasteiger partial charge in [-0.2, -0.15) is 13.2 Å². The molecule has 3 nitrogen and oxygen atoms in total. The van der Waals surface area contributed by atoms with E-state index < -0.39 is 32.3 Å². The molecule has 0 spiro atoms. The summed E-state index contributed by atoms with van der Waals surface area (Å²) < 4.78 is 49.8. The number of hydrogen-bond acceptors (Lipinski definition) is 3. The Morgan fingerprint density at radius 1 is 0.902 bits per heavy atom. The Balaban J connectivity index is 1.30. The molecule has 0 heterocycles. The molecule has 0 bridgehead atoms. The fraction of sp³-hybridized carbons (Fsp3) is 0.824. The SMILES string of the molecule is C[C@H](C(O)CC(O)c1ccccc1)[C@H]1CC[C@H]2[C@@H]3CC[C@H]4C[C@](O[Si](C)(C)C)(C(F)(F)F)CC[C@]4(C)[C@H]3CC[C@]12C. The van der Waals surface area contributed by atoms with Crippen LogP contribution < -0.4 is 0 Å². The average molecular weight is 595 g/mol. The Labute approximate surface area is 246 Å². The summed E-state index contributed by atoms with van der Waals surface area (Å²) in [7, 11) is -2.38. The lowest BCUT2D eigenvalue weighted by molar-refractivity contribution is -0.282. The van der Waals surface area contributed by atoms with Crippen LogP contribution in [-0.2, 0) is 4.43 Å². The third-order valence-corrected chi connectivity index (χ3v) is 13.7. The molecule has 4 aliphatic carbocycles. The van der Waals surface area contributed by atoms with Crippen LogP contribution in [0.3, 0.4) is 0 Å². The van der Waals surface area contributed by atoms with Crippen molar-refractivity contribution in [2.75, 3.05) is 0 Å². The molecule has 5 rings (SSSR count). The lowest BCUT2D eigenvalue weighted by Crippen LogP contribution is -2.62. The predicted molar refractivity (Wildman–Crippen MR) is 160 cm³/mol. The first kappa shape index (κ1) is 31.5. The van der Waals surface area contributed by atoms with Gasteiger partial charge in [0.05, 0.1) is 12.2 Å². The van der Waals surface area contributed by atoms with E-state index in [9.17, 15) is 23.4 Å². The topological polar surface area (TPSA) is 49.7 Å². The molecule has 0 aromatic heterocycles. The standard InChI is InChI=1S/C34H53F3O3Si/c1-22(29(38)20-30(39)23-10-8-7-9-11-23)26-14-15-27-25-13-12-24-21-33(34(35,36)37,40-41(4,5)6)19-18-31(24,2)28(25)16-17-32(26,27)3/h7-11,22,24-30,38-39H,12-21H2,1-6H3/t22-,24-,25-,26+,27-,28-,29?,30?,31-,32+,33-/m0/s1. The number of aliphatic hydroxyl groups excluding tert-OH is 2. The smallest absolute Gasteiger partial charge is 0.404 e. The van der Waals surface area contributed by atoms with Crippen LogP contribution in [0, 0.1) is 46.3 Å². The zero-order chi connectivity index (χ0) is 30.0. The summed E-state index contributed by atoms with van der Waals surface area (Å²) in [5.41, 5.74) is -1.07. The van der Waals surface area contributed by atoms with Gasteiger partial charge in [0.1, 0.15) is 0 Å². The molecule has 232 valence electrons. The maximum atomic E-state index is 14.6. The highest BCUT2D eigenvalue weighted by Crippen LogP contribution is 2.70. The van der Waals surface area contributed by atoms with E-state index in [0.29, 0.717) is 36.5 Å². The van der Waals surface area contributed by atoms with Crippen LogP contribution in [-0.4, -0.2) is 36.4 Å². The Morgan fingerprint density at radius 3 is 2.20 bits per heavy atom. The molecule has 7 heteroatoms. The molecule has 0 radical (unpaired) electrons. The van der Waals surface area contributed by atoms with E-state index in [-0.39, 0.29) is 35.5 Å². The highest BCUT2D eigenvalue weighted by Gasteiger charge is 2.66. The first-order valence-electron chi connectivity index (χ1n) is 16.2. The number of aliphatic hydroxyl groups is 2. The molecule has 1 aromatic carbocycles. The minimum atomic E-state index is -4.33. The summed E-state index contributed by atoms with van der Waals surface area (Å²) in [6, 6.07) is 9.59. The van der Waals surface area contributed by atoms with Gasteiger partial charge in [-0.05, 0) is 129 Å². The Bertz CT molecular complexity index is 1060. The summed E-state index contributed by atoms with van der Waals surface area (Å²) in [6.07, 6.45) is 1.85. The van der Waals surface area contributed by atoms with Crippen molar-refractivity contribution >= 4 is 8.32 Å². The highest BCUT2D eigenvalue weighted by molar-refractivity contribution is 6.69. The van der Waals surface area contributed by atoms with Crippen molar-refractivity contribution in [3.63, 3.8) is 0 Å². The normalized spacial score (nSPS) is 41.6. The fourth-order valence-electron chi connectivity index (χ4n) is 10.7. The molecule has 2 unspecified atom stereocenters. The van der Waals surface area contributed by atoms with Gasteiger partial charge in [0, 0.05) is 6.42 Å². The fourth-order valence-corrected chi connectivity index (χ4v) is 12.1. The summed E-state index contributed by atoms with van der Waals surface area (Å²) in [4.78, 5) is 0. The maximum absolute atomic E-state index is 14.6. The number of rotatable bonds is 7. The van der Waals surface area contributed by atoms with Gasteiger partial charge < -0.3 is 14.6 Å². The van der Waals surface area contributed by atoms with Crippen LogP contribution in [0.2, 0.25) is 19.6 Å². The molecular weight excluding hydrogens is 541 g/mol. The van der Waals surface area contributed by atoms with Crippen LogP contribution in [0.5, 0.6) is 0 Å². The molecule has 4 aliphatic rings. The number of hydrogen-bond donors (Lipinski definition) is 2. The maximum Gasteiger partial charge on any atom is 0.416 e. The third-order valence-electron chi connectivity index (χ3n) is 12.7. The molecule has 2 N–H and O–H groups in total. The van der Waals surface area contributed by atoms with Crippen LogP contribution in [0.15, 0.2) is 30.3 Å². The van der Waals surface area contributed by atoms with Gasteiger partial charge in [-0.3, -0.25) is 0 Å². The van der Waals surface area contributed by atoms with Crippen molar-refractivity contribution in [2.45, 2.75) is 129 Å². The zero-order valence-electron chi connectivity index (χ0n) is 26.0. The highest BCUT2D eigenvalue weighted by atomic mass is 28.4. The summed E-state index contributed by atoms with van der Waals surface area (Å²) in [5, 5.41) is 22.1. The predicted octanol–water partition coefficient (Wildman–Crippen LogP) is 8.92. The van der Waals surface area contributed by atoms with Crippen molar-refractivity contribution < 1.29 is 27.8 Å². The Morgan fingerprint density at radius 2 is 1.56 bits per heavy atom. The number of halogens is 3. The van der Waals surface area contributed by atoms with Gasteiger partial charge in [-0.25, -0.2) is 0 Å². The van der Waals surface area contributed by atoms with E-state index in [1.54, 1.807) is 0 Å². The van der Waals surface area contributed by atoms with Crippen molar-refractivity contribution in [2.24, 2.45) is 46.3 Å². The van der Waals surface area contributed by atoms with E-state index in [1.807, 2.05) is 50.0 Å². The minimum absolute atomic E-state index is 0.0530. The van der Waals surface area contributed by atoms with Gasteiger partial charge in [0.25, 0.3) is 0 Å². The number of fused-ring (bicyclic) bond motifs is 5. The van der Waals surface area contributed by atoms with Gasteiger partial charge in [-0.1, -0.05) is 51.1 Å². The second-order valence-corrected chi connectivity index (χ2v) is 20.3. The zero-order valence-corrected chi connectivity index (χ0v) is 27.0. The Hall–Kier alpha value is -0.893. The third kappa shape index (κ3) is 5.59. The van der Waals surface area contributed by atoms with E-state index in [2.05, 4.69) is 20.8 Å². The average Bonchev–Trinajstić information content (AvgIpc) is 3.24. The van der Waals surface area contributed by atoms with Crippen molar-refractivity contribution in [1.82, 2.24) is 0 Å². The van der Waals surface area contributed by atoms with Crippen LogP contribution in [0.1, 0.15) is 96.6 Å². The number of alkyl halides is 3. The van der Waals surface area contributed by atoms with Gasteiger partial charge in [0.2, 0.25) is 0 Å². The lowest BCUT2D eigenvalue weighted by atomic mass is 9.43.